The summed E-state index contributed by atoms with van der Waals surface area (Å²) in [6.45, 7) is 1.83. The number of halogens is 1. The van der Waals surface area contributed by atoms with Crippen LogP contribution in [0.5, 0.6) is 5.75 Å². The first kappa shape index (κ1) is 14.5. The Balaban J connectivity index is 1.95. The van der Waals surface area contributed by atoms with E-state index in [2.05, 4.69) is 0 Å². The summed E-state index contributed by atoms with van der Waals surface area (Å²) in [4.78, 5) is 14.1. The standard InChI is InChI=1S/C18H13FO2S/c1-11-2-7-14(20)10-15(11)18(21)17-9-8-16(22-17)12-3-5-13(19)6-4-12/h2-10,20H,1H3. The van der Waals surface area contributed by atoms with Crippen molar-refractivity contribution in [3.63, 3.8) is 0 Å². The number of hydrogen-bond donors (Lipinski definition) is 1. The second-order valence-corrected chi connectivity index (χ2v) is 6.08. The zero-order valence-corrected chi connectivity index (χ0v) is 12.7. The summed E-state index contributed by atoms with van der Waals surface area (Å²) in [7, 11) is 0. The molecule has 3 rings (SSSR count). The van der Waals surface area contributed by atoms with Crippen LogP contribution in [0.2, 0.25) is 0 Å². The maximum atomic E-state index is 13.0. The topological polar surface area (TPSA) is 37.3 Å². The molecule has 0 saturated carbocycles. The average Bonchev–Trinajstić information content (AvgIpc) is 2.99. The van der Waals surface area contributed by atoms with E-state index < -0.39 is 0 Å². The van der Waals surface area contributed by atoms with Gasteiger partial charge in [0.05, 0.1) is 4.88 Å². The molecule has 1 heterocycles. The Labute approximate surface area is 131 Å². The number of aromatic hydroxyl groups is 1. The molecule has 2 aromatic carbocycles. The number of benzene rings is 2. The highest BCUT2D eigenvalue weighted by atomic mass is 32.1. The molecule has 0 radical (unpaired) electrons. The van der Waals surface area contributed by atoms with Crippen molar-refractivity contribution in [3.05, 3.63) is 76.4 Å². The number of ketones is 1. The van der Waals surface area contributed by atoms with Crippen molar-refractivity contribution in [2.45, 2.75) is 6.92 Å². The number of phenols is 1. The van der Waals surface area contributed by atoms with E-state index in [0.29, 0.717) is 10.4 Å². The van der Waals surface area contributed by atoms with Crippen LogP contribution in [0.1, 0.15) is 20.8 Å². The first-order valence-corrected chi connectivity index (χ1v) is 7.56. The van der Waals surface area contributed by atoms with Gasteiger partial charge >= 0.3 is 0 Å². The van der Waals surface area contributed by atoms with Gasteiger partial charge in [0.1, 0.15) is 11.6 Å². The van der Waals surface area contributed by atoms with Crippen molar-refractivity contribution in [2.24, 2.45) is 0 Å². The Bertz CT molecular complexity index is 835. The van der Waals surface area contributed by atoms with Crippen molar-refractivity contribution in [1.82, 2.24) is 0 Å². The molecule has 1 aromatic heterocycles. The predicted molar refractivity (Wildman–Crippen MR) is 86.0 cm³/mol. The molecule has 0 spiro atoms. The van der Waals surface area contributed by atoms with E-state index in [-0.39, 0.29) is 17.3 Å². The van der Waals surface area contributed by atoms with E-state index in [1.165, 1.54) is 29.5 Å². The number of carbonyl (C=O) groups excluding carboxylic acids is 1. The molecular formula is C18H13FO2S. The second kappa shape index (κ2) is 5.73. The van der Waals surface area contributed by atoms with Gasteiger partial charge in [0.15, 0.2) is 0 Å². The third-order valence-electron chi connectivity index (χ3n) is 3.42. The Morgan fingerprint density at radius 1 is 1.05 bits per heavy atom. The third-order valence-corrected chi connectivity index (χ3v) is 4.56. The number of carbonyl (C=O) groups is 1. The maximum absolute atomic E-state index is 13.0. The molecule has 0 atom stereocenters. The van der Waals surface area contributed by atoms with Gasteiger partial charge in [-0.2, -0.15) is 0 Å². The van der Waals surface area contributed by atoms with Crippen LogP contribution in [0.15, 0.2) is 54.6 Å². The van der Waals surface area contributed by atoms with Crippen LogP contribution < -0.4 is 0 Å². The molecule has 4 heteroatoms. The molecule has 0 amide bonds. The fourth-order valence-corrected chi connectivity index (χ4v) is 3.18. The van der Waals surface area contributed by atoms with Crippen LogP contribution >= 0.6 is 11.3 Å². The van der Waals surface area contributed by atoms with Crippen LogP contribution in [0, 0.1) is 12.7 Å². The number of hydrogen-bond acceptors (Lipinski definition) is 3. The molecule has 0 fully saturated rings. The highest BCUT2D eigenvalue weighted by molar-refractivity contribution is 7.17. The van der Waals surface area contributed by atoms with Crippen LogP contribution in [0.25, 0.3) is 10.4 Å². The molecule has 0 aliphatic carbocycles. The average molecular weight is 312 g/mol. The molecule has 0 bridgehead atoms. The minimum atomic E-state index is -0.285. The Morgan fingerprint density at radius 3 is 2.50 bits per heavy atom. The van der Waals surface area contributed by atoms with Crippen molar-refractivity contribution < 1.29 is 14.3 Å². The number of aryl methyl sites for hydroxylation is 1. The molecule has 0 unspecified atom stereocenters. The SMILES string of the molecule is Cc1ccc(O)cc1C(=O)c1ccc(-c2ccc(F)cc2)s1. The zero-order chi connectivity index (χ0) is 15.7. The molecular weight excluding hydrogens is 299 g/mol. The summed E-state index contributed by atoms with van der Waals surface area (Å²) in [5, 5.41) is 9.56. The molecule has 110 valence electrons. The van der Waals surface area contributed by atoms with Crippen molar-refractivity contribution in [2.75, 3.05) is 0 Å². The van der Waals surface area contributed by atoms with Gasteiger partial charge in [0.2, 0.25) is 5.78 Å². The molecule has 1 N–H and O–H groups in total. The van der Waals surface area contributed by atoms with E-state index in [4.69, 9.17) is 0 Å². The maximum Gasteiger partial charge on any atom is 0.203 e. The molecule has 0 aliphatic rings. The minimum Gasteiger partial charge on any atom is -0.508 e. The molecule has 0 aliphatic heterocycles. The van der Waals surface area contributed by atoms with Gasteiger partial charge in [-0.1, -0.05) is 18.2 Å². The van der Waals surface area contributed by atoms with E-state index in [0.717, 1.165) is 16.0 Å². The second-order valence-electron chi connectivity index (χ2n) is 5.00. The number of phenolic OH excluding ortho intramolecular Hbond substituents is 1. The van der Waals surface area contributed by atoms with E-state index in [9.17, 15) is 14.3 Å². The predicted octanol–water partition coefficient (Wildman–Crippen LogP) is 4.80. The first-order valence-electron chi connectivity index (χ1n) is 6.75. The summed E-state index contributed by atoms with van der Waals surface area (Å²) >= 11 is 1.36. The van der Waals surface area contributed by atoms with E-state index >= 15 is 0 Å². The van der Waals surface area contributed by atoms with Crippen LogP contribution in [-0.2, 0) is 0 Å². The largest absolute Gasteiger partial charge is 0.508 e. The van der Waals surface area contributed by atoms with Gasteiger partial charge in [-0.3, -0.25) is 4.79 Å². The summed E-state index contributed by atoms with van der Waals surface area (Å²) in [5.74, 6) is -0.331. The Kier molecular flexibility index (Phi) is 3.77. The summed E-state index contributed by atoms with van der Waals surface area (Å²) < 4.78 is 13.0. The lowest BCUT2D eigenvalue weighted by molar-refractivity contribution is 0.104. The first-order chi connectivity index (χ1) is 10.5. The fourth-order valence-electron chi connectivity index (χ4n) is 2.22. The Hall–Kier alpha value is -2.46. The molecule has 2 nitrogen and oxygen atoms in total. The van der Waals surface area contributed by atoms with Gasteiger partial charge in [-0.05, 0) is 54.4 Å². The fraction of sp³-hybridized carbons (Fsp3) is 0.0556. The molecule has 22 heavy (non-hydrogen) atoms. The minimum absolute atomic E-state index is 0.0734. The van der Waals surface area contributed by atoms with Gasteiger partial charge < -0.3 is 5.11 Å². The van der Waals surface area contributed by atoms with Crippen molar-refractivity contribution >= 4 is 17.1 Å². The summed E-state index contributed by atoms with van der Waals surface area (Å²) in [6.07, 6.45) is 0. The normalized spacial score (nSPS) is 10.6. The highest BCUT2D eigenvalue weighted by Crippen LogP contribution is 2.30. The smallest absolute Gasteiger partial charge is 0.203 e. The Morgan fingerprint density at radius 2 is 1.77 bits per heavy atom. The molecule has 0 saturated heterocycles. The lowest BCUT2D eigenvalue weighted by Crippen LogP contribution is -2.00. The van der Waals surface area contributed by atoms with Gasteiger partial charge in [0.25, 0.3) is 0 Å². The lowest BCUT2D eigenvalue weighted by Gasteiger charge is -2.04. The van der Waals surface area contributed by atoms with E-state index in [1.54, 1.807) is 30.3 Å². The van der Waals surface area contributed by atoms with Crippen LogP contribution in [0.4, 0.5) is 4.39 Å². The van der Waals surface area contributed by atoms with Crippen molar-refractivity contribution in [3.8, 4) is 16.2 Å². The molecule has 3 aromatic rings. The highest BCUT2D eigenvalue weighted by Gasteiger charge is 2.15. The quantitative estimate of drug-likeness (QED) is 0.705. The van der Waals surface area contributed by atoms with Gasteiger partial charge in [-0.15, -0.1) is 11.3 Å². The monoisotopic (exact) mass is 312 g/mol. The van der Waals surface area contributed by atoms with E-state index in [1.807, 2.05) is 13.0 Å². The number of rotatable bonds is 3. The van der Waals surface area contributed by atoms with Gasteiger partial charge in [0, 0.05) is 10.4 Å². The van der Waals surface area contributed by atoms with Crippen LogP contribution in [0.3, 0.4) is 0 Å². The number of thiophene rings is 1. The summed E-state index contributed by atoms with van der Waals surface area (Å²) in [5.41, 5.74) is 2.19. The zero-order valence-electron chi connectivity index (χ0n) is 11.8. The van der Waals surface area contributed by atoms with Crippen molar-refractivity contribution in [1.29, 1.82) is 0 Å². The lowest BCUT2D eigenvalue weighted by atomic mass is 10.0. The van der Waals surface area contributed by atoms with Gasteiger partial charge in [-0.25, -0.2) is 4.39 Å². The van der Waals surface area contributed by atoms with Crippen LogP contribution in [-0.4, -0.2) is 10.9 Å². The third kappa shape index (κ3) is 2.78. The summed E-state index contributed by atoms with van der Waals surface area (Å²) in [6, 6.07) is 14.5.